The van der Waals surface area contributed by atoms with Crippen LogP contribution in [0.3, 0.4) is 0 Å². The van der Waals surface area contributed by atoms with Crippen molar-refractivity contribution in [2.24, 2.45) is 5.92 Å². The molecule has 4 nitrogen and oxygen atoms in total. The molecule has 1 heterocycles. The number of carbonyl (C=O) groups excluding carboxylic acids is 2. The fourth-order valence-corrected chi connectivity index (χ4v) is 2.55. The highest BCUT2D eigenvalue weighted by Gasteiger charge is 2.46. The quantitative estimate of drug-likeness (QED) is 0.782. The van der Waals surface area contributed by atoms with Crippen LogP contribution in [-0.4, -0.2) is 28.8 Å². The van der Waals surface area contributed by atoms with Crippen LogP contribution >= 0.6 is 0 Å². The van der Waals surface area contributed by atoms with Crippen molar-refractivity contribution >= 4 is 11.7 Å². The molecule has 0 radical (unpaired) electrons. The largest absolute Gasteiger partial charge is 0.300 e. The maximum atomic E-state index is 11.8. The fourth-order valence-electron chi connectivity index (χ4n) is 2.55. The molecular weight excluding hydrogens is 204 g/mol. The number of nitrogens with zero attached hydrogens (tertiary/aromatic N) is 1. The van der Waals surface area contributed by atoms with E-state index in [2.05, 4.69) is 12.3 Å². The van der Waals surface area contributed by atoms with Crippen LogP contribution in [0.2, 0.25) is 0 Å². The third-order valence-corrected chi connectivity index (χ3v) is 3.90. The van der Waals surface area contributed by atoms with Gasteiger partial charge in [0.15, 0.2) is 0 Å². The van der Waals surface area contributed by atoms with Crippen LogP contribution in [0.1, 0.15) is 46.0 Å². The van der Waals surface area contributed by atoms with E-state index in [-0.39, 0.29) is 17.2 Å². The molecule has 0 bridgehead atoms. The summed E-state index contributed by atoms with van der Waals surface area (Å²) in [6.07, 6.45) is 4.74. The first-order valence-electron chi connectivity index (χ1n) is 6.09. The van der Waals surface area contributed by atoms with Crippen LogP contribution < -0.4 is 5.43 Å². The molecule has 16 heavy (non-hydrogen) atoms. The van der Waals surface area contributed by atoms with Crippen LogP contribution in [0, 0.1) is 5.92 Å². The summed E-state index contributed by atoms with van der Waals surface area (Å²) in [4.78, 5) is 22.7. The number of amides is 1. The van der Waals surface area contributed by atoms with E-state index < -0.39 is 0 Å². The first kappa shape index (κ1) is 11.6. The van der Waals surface area contributed by atoms with Gasteiger partial charge in [0.1, 0.15) is 5.78 Å². The van der Waals surface area contributed by atoms with Crippen molar-refractivity contribution in [2.75, 3.05) is 6.54 Å². The smallest absolute Gasteiger partial charge is 0.238 e. The summed E-state index contributed by atoms with van der Waals surface area (Å²) in [7, 11) is 0. The minimum atomic E-state index is -0.0634. The minimum absolute atomic E-state index is 0.0634. The summed E-state index contributed by atoms with van der Waals surface area (Å²) in [5, 5.41) is 1.64. The number of hydrogen-bond donors (Lipinski definition) is 1. The standard InChI is InChI=1S/C12H20N2O2/c1-9(15)6-7-14-11(16)8-12(2,13-14)10-4-3-5-10/h10,13H,3-8H2,1-2H3. The summed E-state index contributed by atoms with van der Waals surface area (Å²) in [6, 6.07) is 0. The molecule has 1 amide bonds. The van der Waals surface area contributed by atoms with E-state index in [1.807, 2.05) is 0 Å². The Balaban J connectivity index is 1.92. The summed E-state index contributed by atoms with van der Waals surface area (Å²) < 4.78 is 0. The Hall–Kier alpha value is -0.900. The molecule has 1 saturated heterocycles. The Morgan fingerprint density at radius 2 is 2.25 bits per heavy atom. The summed E-state index contributed by atoms with van der Waals surface area (Å²) in [5.41, 5.74) is 3.24. The average Bonchev–Trinajstić information content (AvgIpc) is 2.35. The zero-order chi connectivity index (χ0) is 11.8. The average molecular weight is 224 g/mol. The Morgan fingerprint density at radius 3 is 2.75 bits per heavy atom. The summed E-state index contributed by atoms with van der Waals surface area (Å²) in [6.45, 7) is 4.20. The Bertz CT molecular complexity index is 312. The Labute approximate surface area is 96.3 Å². The molecule has 2 rings (SSSR count). The highest BCUT2D eigenvalue weighted by molar-refractivity contribution is 5.81. The summed E-state index contributed by atoms with van der Waals surface area (Å²) in [5.74, 6) is 0.890. The molecule has 4 heteroatoms. The highest BCUT2D eigenvalue weighted by Crippen LogP contribution is 2.40. The van der Waals surface area contributed by atoms with E-state index in [1.165, 1.54) is 19.3 Å². The number of carbonyl (C=O) groups is 2. The van der Waals surface area contributed by atoms with E-state index in [0.29, 0.717) is 25.3 Å². The lowest BCUT2D eigenvalue weighted by molar-refractivity contribution is -0.130. The summed E-state index contributed by atoms with van der Waals surface area (Å²) >= 11 is 0. The van der Waals surface area contributed by atoms with Crippen molar-refractivity contribution in [3.8, 4) is 0 Å². The molecule has 1 aliphatic carbocycles. The maximum absolute atomic E-state index is 11.8. The number of Topliss-reactive ketones (excluding diaryl/α,β-unsaturated/α-hetero) is 1. The molecule has 0 spiro atoms. The first-order valence-corrected chi connectivity index (χ1v) is 6.09. The fraction of sp³-hybridized carbons (Fsp3) is 0.833. The molecule has 90 valence electrons. The molecular formula is C12H20N2O2. The topological polar surface area (TPSA) is 49.4 Å². The maximum Gasteiger partial charge on any atom is 0.238 e. The molecule has 2 fully saturated rings. The van der Waals surface area contributed by atoms with E-state index in [0.717, 1.165) is 0 Å². The lowest BCUT2D eigenvalue weighted by Gasteiger charge is -2.40. The van der Waals surface area contributed by atoms with Gasteiger partial charge in [-0.15, -0.1) is 0 Å². The first-order chi connectivity index (χ1) is 7.51. The molecule has 1 aliphatic heterocycles. The minimum Gasteiger partial charge on any atom is -0.300 e. The van der Waals surface area contributed by atoms with Crippen molar-refractivity contribution < 1.29 is 9.59 Å². The third-order valence-electron chi connectivity index (χ3n) is 3.90. The number of hydrogen-bond acceptors (Lipinski definition) is 3. The molecule has 0 aromatic rings. The van der Waals surface area contributed by atoms with Crippen molar-refractivity contribution in [3.63, 3.8) is 0 Å². The van der Waals surface area contributed by atoms with Crippen molar-refractivity contribution in [1.29, 1.82) is 0 Å². The van der Waals surface area contributed by atoms with Gasteiger partial charge in [-0.1, -0.05) is 6.42 Å². The second-order valence-electron chi connectivity index (χ2n) is 5.33. The van der Waals surface area contributed by atoms with Crippen LogP contribution in [0.15, 0.2) is 0 Å². The molecule has 1 saturated carbocycles. The highest BCUT2D eigenvalue weighted by atomic mass is 16.2. The Morgan fingerprint density at radius 1 is 1.56 bits per heavy atom. The van der Waals surface area contributed by atoms with Crippen molar-refractivity contribution in [3.05, 3.63) is 0 Å². The van der Waals surface area contributed by atoms with E-state index in [9.17, 15) is 9.59 Å². The van der Waals surface area contributed by atoms with Gasteiger partial charge in [-0.2, -0.15) is 0 Å². The van der Waals surface area contributed by atoms with Gasteiger partial charge in [-0.25, -0.2) is 5.43 Å². The molecule has 1 unspecified atom stereocenters. The van der Waals surface area contributed by atoms with E-state index in [4.69, 9.17) is 0 Å². The predicted octanol–water partition coefficient (Wildman–Crippen LogP) is 1.26. The van der Waals surface area contributed by atoms with Crippen LogP contribution in [-0.2, 0) is 9.59 Å². The van der Waals surface area contributed by atoms with E-state index in [1.54, 1.807) is 11.9 Å². The predicted molar refractivity (Wildman–Crippen MR) is 60.5 cm³/mol. The van der Waals surface area contributed by atoms with Gasteiger partial charge in [0.25, 0.3) is 0 Å². The van der Waals surface area contributed by atoms with Gasteiger partial charge in [0.2, 0.25) is 5.91 Å². The molecule has 0 aromatic carbocycles. The molecule has 1 N–H and O–H groups in total. The number of ketones is 1. The Kier molecular flexibility index (Phi) is 3.02. The monoisotopic (exact) mass is 224 g/mol. The van der Waals surface area contributed by atoms with Crippen molar-refractivity contribution in [2.45, 2.75) is 51.5 Å². The van der Waals surface area contributed by atoms with Crippen molar-refractivity contribution in [1.82, 2.24) is 10.4 Å². The third kappa shape index (κ3) is 2.12. The SMILES string of the molecule is CC(=O)CCN1NC(C)(C2CCC2)CC1=O. The zero-order valence-corrected chi connectivity index (χ0v) is 10.1. The molecule has 0 aromatic heterocycles. The van der Waals surface area contributed by atoms with Gasteiger partial charge >= 0.3 is 0 Å². The second-order valence-corrected chi connectivity index (χ2v) is 5.33. The van der Waals surface area contributed by atoms with Crippen LogP contribution in [0.4, 0.5) is 0 Å². The van der Waals surface area contributed by atoms with Gasteiger partial charge in [0.05, 0.1) is 0 Å². The van der Waals surface area contributed by atoms with Gasteiger partial charge < -0.3 is 0 Å². The lowest BCUT2D eigenvalue weighted by atomic mass is 9.71. The van der Waals surface area contributed by atoms with Crippen LogP contribution in [0.25, 0.3) is 0 Å². The molecule has 2 aliphatic rings. The van der Waals surface area contributed by atoms with Gasteiger partial charge in [-0.3, -0.25) is 14.6 Å². The normalized spacial score (nSPS) is 30.6. The second kappa shape index (κ2) is 4.17. The lowest BCUT2D eigenvalue weighted by Crippen LogP contribution is -2.51. The molecule has 1 atom stereocenters. The number of nitrogens with one attached hydrogen (secondary N) is 1. The van der Waals surface area contributed by atoms with Gasteiger partial charge in [0, 0.05) is 24.9 Å². The van der Waals surface area contributed by atoms with E-state index >= 15 is 0 Å². The number of hydrazine groups is 1. The van der Waals surface area contributed by atoms with Crippen LogP contribution in [0.5, 0.6) is 0 Å². The number of rotatable bonds is 4. The van der Waals surface area contributed by atoms with Gasteiger partial charge in [-0.05, 0) is 32.6 Å². The zero-order valence-electron chi connectivity index (χ0n) is 10.1.